The van der Waals surface area contributed by atoms with E-state index in [0.29, 0.717) is 18.5 Å². The van der Waals surface area contributed by atoms with E-state index in [1.165, 1.54) is 0 Å². The van der Waals surface area contributed by atoms with Crippen LogP contribution in [0.25, 0.3) is 0 Å². The summed E-state index contributed by atoms with van der Waals surface area (Å²) in [5.41, 5.74) is 6.59. The topological polar surface area (TPSA) is 55.6 Å². The predicted molar refractivity (Wildman–Crippen MR) is 82.1 cm³/mol. The Labute approximate surface area is 120 Å². The van der Waals surface area contributed by atoms with Crippen molar-refractivity contribution in [2.75, 3.05) is 17.2 Å². The van der Waals surface area contributed by atoms with Crippen LogP contribution >= 0.6 is 0 Å². The Morgan fingerprint density at radius 2 is 1.95 bits per heavy atom. The lowest BCUT2D eigenvalue weighted by atomic mass is 9.92. The number of fused-ring (bicyclic) bond motifs is 1. The van der Waals surface area contributed by atoms with Crippen LogP contribution < -0.4 is 15.4 Å². The highest BCUT2D eigenvalue weighted by Gasteiger charge is 2.45. The molecule has 4 heteroatoms. The van der Waals surface area contributed by atoms with Gasteiger partial charge in [-0.2, -0.15) is 0 Å². The van der Waals surface area contributed by atoms with Gasteiger partial charge in [0.25, 0.3) is 5.91 Å². The van der Waals surface area contributed by atoms with Crippen LogP contribution in [-0.4, -0.2) is 18.1 Å². The minimum Gasteiger partial charge on any atom is -0.475 e. The number of hydrogen-bond acceptors (Lipinski definition) is 3. The van der Waals surface area contributed by atoms with Crippen molar-refractivity contribution in [2.24, 2.45) is 0 Å². The van der Waals surface area contributed by atoms with E-state index in [-0.39, 0.29) is 5.91 Å². The minimum atomic E-state index is -0.725. The van der Waals surface area contributed by atoms with Gasteiger partial charge in [0.15, 0.2) is 5.60 Å². The molecule has 0 bridgehead atoms. The van der Waals surface area contributed by atoms with Crippen molar-refractivity contribution >= 4 is 17.3 Å². The molecule has 0 aromatic heterocycles. The fourth-order valence-electron chi connectivity index (χ4n) is 2.68. The first kappa shape index (κ1) is 14.7. The first-order valence-electron chi connectivity index (χ1n) is 7.48. The van der Waals surface area contributed by atoms with Crippen LogP contribution in [0.15, 0.2) is 18.2 Å². The number of nitrogen functional groups attached to an aromatic ring is 1. The van der Waals surface area contributed by atoms with Crippen LogP contribution in [0.3, 0.4) is 0 Å². The summed E-state index contributed by atoms with van der Waals surface area (Å²) in [4.78, 5) is 14.7. The van der Waals surface area contributed by atoms with E-state index in [0.717, 1.165) is 30.8 Å². The fraction of sp³-hybridized carbons (Fsp3) is 0.562. The van der Waals surface area contributed by atoms with E-state index in [4.69, 9.17) is 10.5 Å². The summed E-state index contributed by atoms with van der Waals surface area (Å²) in [6.07, 6.45) is 3.38. The Hall–Kier alpha value is -1.71. The number of nitrogens with zero attached hydrogens (tertiary/aromatic N) is 1. The summed E-state index contributed by atoms with van der Waals surface area (Å²) in [7, 11) is 0. The molecule has 0 fully saturated rings. The molecule has 0 unspecified atom stereocenters. The molecule has 20 heavy (non-hydrogen) atoms. The molecular formula is C16H24N2O2. The number of rotatable bonds is 5. The average Bonchev–Trinajstić information content (AvgIpc) is 2.46. The van der Waals surface area contributed by atoms with E-state index < -0.39 is 5.60 Å². The van der Waals surface area contributed by atoms with Crippen LogP contribution in [0.1, 0.15) is 46.5 Å². The third-order valence-corrected chi connectivity index (χ3v) is 4.09. The molecule has 0 radical (unpaired) electrons. The number of carbonyl (C=O) groups is 1. The van der Waals surface area contributed by atoms with E-state index in [9.17, 15) is 4.79 Å². The molecule has 2 rings (SSSR count). The molecule has 0 saturated heterocycles. The standard InChI is InChI=1S/C16H24N2O2/c1-4-7-10-18-13-11-12(17)8-9-14(13)20-16(5-2,6-3)15(18)19/h8-9,11H,4-7,10,17H2,1-3H3. The minimum absolute atomic E-state index is 0.0639. The Kier molecular flexibility index (Phi) is 4.21. The van der Waals surface area contributed by atoms with Crippen molar-refractivity contribution in [1.82, 2.24) is 0 Å². The van der Waals surface area contributed by atoms with Gasteiger partial charge >= 0.3 is 0 Å². The second-order valence-corrected chi connectivity index (χ2v) is 5.34. The van der Waals surface area contributed by atoms with Gasteiger partial charge in [-0.3, -0.25) is 4.79 Å². The zero-order valence-electron chi connectivity index (χ0n) is 12.6. The van der Waals surface area contributed by atoms with Gasteiger partial charge in [0.2, 0.25) is 0 Å². The van der Waals surface area contributed by atoms with Crippen molar-refractivity contribution < 1.29 is 9.53 Å². The molecule has 1 heterocycles. The van der Waals surface area contributed by atoms with Crippen LogP contribution in [0.4, 0.5) is 11.4 Å². The van der Waals surface area contributed by atoms with Crippen molar-refractivity contribution in [2.45, 2.75) is 52.1 Å². The summed E-state index contributed by atoms with van der Waals surface area (Å²) in [6, 6.07) is 5.52. The highest BCUT2D eigenvalue weighted by atomic mass is 16.5. The summed E-state index contributed by atoms with van der Waals surface area (Å²) in [6.45, 7) is 6.85. The SMILES string of the molecule is CCCCN1C(=O)C(CC)(CC)Oc2ccc(N)cc21. The van der Waals surface area contributed by atoms with Crippen molar-refractivity contribution in [3.05, 3.63) is 18.2 Å². The van der Waals surface area contributed by atoms with Gasteiger partial charge in [-0.15, -0.1) is 0 Å². The number of benzene rings is 1. The van der Waals surface area contributed by atoms with Gasteiger partial charge < -0.3 is 15.4 Å². The number of hydrogen-bond donors (Lipinski definition) is 1. The Balaban J connectivity index is 2.47. The summed E-state index contributed by atoms with van der Waals surface area (Å²) >= 11 is 0. The monoisotopic (exact) mass is 276 g/mol. The van der Waals surface area contributed by atoms with E-state index >= 15 is 0 Å². The highest BCUT2D eigenvalue weighted by molar-refractivity contribution is 6.03. The number of carbonyl (C=O) groups excluding carboxylic acids is 1. The third kappa shape index (κ3) is 2.35. The molecule has 0 atom stereocenters. The molecule has 2 N–H and O–H groups in total. The smallest absolute Gasteiger partial charge is 0.271 e. The van der Waals surface area contributed by atoms with Gasteiger partial charge in [-0.1, -0.05) is 27.2 Å². The third-order valence-electron chi connectivity index (χ3n) is 4.09. The van der Waals surface area contributed by atoms with Crippen molar-refractivity contribution in [1.29, 1.82) is 0 Å². The molecule has 110 valence electrons. The second kappa shape index (κ2) is 5.73. The van der Waals surface area contributed by atoms with E-state index in [2.05, 4.69) is 6.92 Å². The Bertz CT molecular complexity index is 495. The quantitative estimate of drug-likeness (QED) is 0.839. The van der Waals surface area contributed by atoms with Crippen LogP contribution in [-0.2, 0) is 4.79 Å². The summed E-state index contributed by atoms with van der Waals surface area (Å²) in [5.74, 6) is 0.827. The van der Waals surface area contributed by atoms with Gasteiger partial charge in [0.1, 0.15) is 5.75 Å². The molecule has 0 saturated carbocycles. The number of ether oxygens (including phenoxy) is 1. The zero-order valence-corrected chi connectivity index (χ0v) is 12.6. The normalized spacial score (nSPS) is 16.8. The fourth-order valence-corrected chi connectivity index (χ4v) is 2.68. The number of amides is 1. The number of unbranched alkanes of at least 4 members (excludes halogenated alkanes) is 1. The van der Waals surface area contributed by atoms with Gasteiger partial charge in [-0.25, -0.2) is 0 Å². The maximum atomic E-state index is 12.8. The molecular weight excluding hydrogens is 252 g/mol. The van der Waals surface area contributed by atoms with Gasteiger partial charge in [0.05, 0.1) is 5.69 Å². The molecule has 0 spiro atoms. The van der Waals surface area contributed by atoms with Gasteiger partial charge in [-0.05, 0) is 37.5 Å². The average molecular weight is 276 g/mol. The molecule has 1 amide bonds. The molecule has 1 aliphatic rings. The maximum Gasteiger partial charge on any atom is 0.271 e. The Morgan fingerprint density at radius 1 is 1.25 bits per heavy atom. The van der Waals surface area contributed by atoms with Crippen LogP contribution in [0, 0.1) is 0 Å². The molecule has 0 aliphatic carbocycles. The number of nitrogens with two attached hydrogens (primary N) is 1. The largest absolute Gasteiger partial charge is 0.475 e. The van der Waals surface area contributed by atoms with E-state index in [1.807, 2.05) is 36.9 Å². The Morgan fingerprint density at radius 3 is 2.55 bits per heavy atom. The van der Waals surface area contributed by atoms with Crippen LogP contribution in [0.2, 0.25) is 0 Å². The molecule has 4 nitrogen and oxygen atoms in total. The first-order valence-corrected chi connectivity index (χ1v) is 7.48. The lowest BCUT2D eigenvalue weighted by Crippen LogP contribution is -2.55. The predicted octanol–water partition coefficient (Wildman–Crippen LogP) is 3.35. The lowest BCUT2D eigenvalue weighted by molar-refractivity contribution is -0.136. The van der Waals surface area contributed by atoms with Crippen molar-refractivity contribution in [3.63, 3.8) is 0 Å². The highest BCUT2D eigenvalue weighted by Crippen LogP contribution is 2.41. The van der Waals surface area contributed by atoms with Crippen molar-refractivity contribution in [3.8, 4) is 5.75 Å². The second-order valence-electron chi connectivity index (χ2n) is 5.34. The van der Waals surface area contributed by atoms with Gasteiger partial charge in [0, 0.05) is 12.2 Å². The molecule has 1 aromatic carbocycles. The van der Waals surface area contributed by atoms with Crippen LogP contribution in [0.5, 0.6) is 5.75 Å². The first-order chi connectivity index (χ1) is 9.57. The molecule has 1 aliphatic heterocycles. The summed E-state index contributed by atoms with van der Waals surface area (Å²) < 4.78 is 6.05. The summed E-state index contributed by atoms with van der Waals surface area (Å²) in [5, 5.41) is 0. The maximum absolute atomic E-state index is 12.8. The number of anilines is 2. The zero-order chi connectivity index (χ0) is 14.8. The molecule has 1 aromatic rings. The van der Waals surface area contributed by atoms with E-state index in [1.54, 1.807) is 0 Å². The lowest BCUT2D eigenvalue weighted by Gasteiger charge is -2.42.